The van der Waals surface area contributed by atoms with Crippen LogP contribution in [-0.2, 0) is 14.6 Å². The Morgan fingerprint density at radius 2 is 2.14 bits per heavy atom. The van der Waals surface area contributed by atoms with Gasteiger partial charge >= 0.3 is 0 Å². The number of amides is 1. The van der Waals surface area contributed by atoms with E-state index in [2.05, 4.69) is 10.2 Å². The lowest BCUT2D eigenvalue weighted by Gasteiger charge is -2.26. The minimum absolute atomic E-state index is 0.0300. The van der Waals surface area contributed by atoms with Crippen molar-refractivity contribution in [2.24, 2.45) is 0 Å². The molecule has 0 bridgehead atoms. The number of nitrogens with two attached hydrogens (primary N) is 1. The van der Waals surface area contributed by atoms with Crippen LogP contribution < -0.4 is 10.6 Å². The van der Waals surface area contributed by atoms with E-state index < -0.39 is 9.84 Å². The predicted octanol–water partition coefficient (Wildman–Crippen LogP) is 0.795. The van der Waals surface area contributed by atoms with Crippen molar-refractivity contribution in [3.8, 4) is 17.1 Å². The van der Waals surface area contributed by atoms with Crippen molar-refractivity contribution in [3.05, 3.63) is 24.3 Å². The Labute approximate surface area is 168 Å². The van der Waals surface area contributed by atoms with Crippen molar-refractivity contribution in [2.45, 2.75) is 24.5 Å². The molecule has 0 radical (unpaired) electrons. The quantitative estimate of drug-likeness (QED) is 0.511. The van der Waals surface area contributed by atoms with Gasteiger partial charge in [0.25, 0.3) is 0 Å². The second-order valence-corrected chi connectivity index (χ2v) is 9.57. The molecule has 2 heterocycles. The summed E-state index contributed by atoms with van der Waals surface area (Å²) in [5, 5.41) is 8.58. The number of nitrogen functional groups attached to an aromatic ring is 1. The average molecular weight is 426 g/mol. The monoisotopic (exact) mass is 425 g/mol. The lowest BCUT2D eigenvalue weighted by molar-refractivity contribution is -0.129. The number of benzene rings is 1. The van der Waals surface area contributed by atoms with Gasteiger partial charge in [0.15, 0.2) is 15.7 Å². The van der Waals surface area contributed by atoms with Gasteiger partial charge in [-0.25, -0.2) is 13.1 Å². The lowest BCUT2D eigenvalue weighted by Crippen LogP contribution is -2.42. The van der Waals surface area contributed by atoms with E-state index >= 15 is 0 Å². The van der Waals surface area contributed by atoms with E-state index in [1.54, 1.807) is 18.1 Å². The van der Waals surface area contributed by atoms with Gasteiger partial charge in [0.05, 0.1) is 29.9 Å². The first-order valence-corrected chi connectivity index (χ1v) is 11.6. The summed E-state index contributed by atoms with van der Waals surface area (Å²) in [5.74, 6) is 7.30. The zero-order valence-corrected chi connectivity index (χ0v) is 17.4. The first-order valence-electron chi connectivity index (χ1n) is 8.83. The molecule has 0 aliphatic carbocycles. The van der Waals surface area contributed by atoms with Crippen LogP contribution in [0.1, 0.15) is 13.3 Å². The van der Waals surface area contributed by atoms with Gasteiger partial charge in [0.2, 0.25) is 11.1 Å². The van der Waals surface area contributed by atoms with Crippen LogP contribution in [0.4, 0.5) is 0 Å². The third-order valence-electron chi connectivity index (χ3n) is 4.65. The molecule has 28 heavy (non-hydrogen) atoms. The van der Waals surface area contributed by atoms with E-state index in [4.69, 9.17) is 10.6 Å². The highest BCUT2D eigenvalue weighted by molar-refractivity contribution is 7.99. The maximum Gasteiger partial charge on any atom is 0.233 e. The van der Waals surface area contributed by atoms with Crippen LogP contribution in [0.5, 0.6) is 5.75 Å². The van der Waals surface area contributed by atoms with Crippen LogP contribution in [0, 0.1) is 0 Å². The van der Waals surface area contributed by atoms with Gasteiger partial charge in [0, 0.05) is 12.6 Å². The number of methoxy groups -OCH3 is 1. The minimum atomic E-state index is -3.05. The van der Waals surface area contributed by atoms with E-state index in [0.717, 1.165) is 0 Å². The average Bonchev–Trinajstić information content (AvgIpc) is 3.22. The molecule has 9 nitrogen and oxygen atoms in total. The van der Waals surface area contributed by atoms with E-state index in [9.17, 15) is 13.2 Å². The molecule has 3 rings (SSSR count). The van der Waals surface area contributed by atoms with E-state index in [-0.39, 0.29) is 29.2 Å². The largest absolute Gasteiger partial charge is 0.496 e. The minimum Gasteiger partial charge on any atom is -0.496 e. The Morgan fingerprint density at radius 3 is 2.79 bits per heavy atom. The summed E-state index contributed by atoms with van der Waals surface area (Å²) in [6.07, 6.45) is 0.484. The Hall–Kier alpha value is -2.27. The van der Waals surface area contributed by atoms with Gasteiger partial charge in [-0.2, -0.15) is 0 Å². The van der Waals surface area contributed by atoms with Gasteiger partial charge in [-0.05, 0) is 25.5 Å². The van der Waals surface area contributed by atoms with Crippen molar-refractivity contribution in [2.75, 3.05) is 36.8 Å². The summed E-state index contributed by atoms with van der Waals surface area (Å²) in [4.78, 5) is 14.2. The van der Waals surface area contributed by atoms with Crippen LogP contribution in [0.15, 0.2) is 29.4 Å². The highest BCUT2D eigenvalue weighted by atomic mass is 32.2. The number of nitrogens with zero attached hydrogens (tertiary/aromatic N) is 4. The molecule has 1 aromatic carbocycles. The van der Waals surface area contributed by atoms with E-state index in [0.29, 0.717) is 35.3 Å². The van der Waals surface area contributed by atoms with Gasteiger partial charge in [-0.1, -0.05) is 23.9 Å². The number of carbonyl (C=O) groups excluding carboxylic acids is 1. The van der Waals surface area contributed by atoms with E-state index in [1.807, 2.05) is 25.1 Å². The zero-order chi connectivity index (χ0) is 20.3. The van der Waals surface area contributed by atoms with Crippen LogP contribution in [0.2, 0.25) is 0 Å². The fourth-order valence-corrected chi connectivity index (χ4v) is 5.73. The van der Waals surface area contributed by atoms with Gasteiger partial charge in [-0.3, -0.25) is 4.79 Å². The highest BCUT2D eigenvalue weighted by Gasteiger charge is 2.34. The van der Waals surface area contributed by atoms with Crippen molar-refractivity contribution in [1.82, 2.24) is 19.8 Å². The molecule has 1 fully saturated rings. The Balaban J connectivity index is 1.69. The van der Waals surface area contributed by atoms with Gasteiger partial charge in [-0.15, -0.1) is 10.2 Å². The number of ether oxygens (including phenoxy) is 1. The Bertz CT molecular complexity index is 960. The molecule has 1 aliphatic heterocycles. The van der Waals surface area contributed by atoms with Crippen molar-refractivity contribution in [3.63, 3.8) is 0 Å². The van der Waals surface area contributed by atoms with Crippen LogP contribution in [-0.4, -0.2) is 71.1 Å². The normalized spacial score (nSPS) is 18.1. The first kappa shape index (κ1) is 20.5. The molecule has 0 saturated carbocycles. The molecule has 2 N–H and O–H groups in total. The number of rotatable bonds is 7. The van der Waals surface area contributed by atoms with Crippen molar-refractivity contribution < 1.29 is 17.9 Å². The number of carbonyl (C=O) groups is 1. The molecular weight excluding hydrogens is 402 g/mol. The molecule has 1 saturated heterocycles. The van der Waals surface area contributed by atoms with Gasteiger partial charge in [0.1, 0.15) is 5.75 Å². The first-order chi connectivity index (χ1) is 13.4. The maximum absolute atomic E-state index is 12.6. The van der Waals surface area contributed by atoms with E-state index in [1.165, 1.54) is 16.4 Å². The Kier molecular flexibility index (Phi) is 6.14. The summed E-state index contributed by atoms with van der Waals surface area (Å²) < 4.78 is 30.1. The predicted molar refractivity (Wildman–Crippen MR) is 107 cm³/mol. The summed E-state index contributed by atoms with van der Waals surface area (Å²) in [7, 11) is -1.49. The number of thioether (sulfide) groups is 1. The molecule has 152 valence electrons. The molecule has 11 heteroatoms. The van der Waals surface area contributed by atoms with Crippen LogP contribution >= 0.6 is 11.8 Å². The standard InChI is InChI=1S/C17H23N5O4S2/c1-3-21(12-8-9-28(24,25)11-12)15(23)10-27-17-20-19-16(22(17)18)13-6-4-5-7-14(13)26-2/h4-7,12H,3,8-11,18H2,1-2H3. The van der Waals surface area contributed by atoms with Crippen molar-refractivity contribution in [1.29, 1.82) is 0 Å². The number of hydrogen-bond acceptors (Lipinski definition) is 8. The maximum atomic E-state index is 12.6. The summed E-state index contributed by atoms with van der Waals surface area (Å²) >= 11 is 1.17. The summed E-state index contributed by atoms with van der Waals surface area (Å²) in [6, 6.07) is 7.05. The molecular formula is C17H23N5O4S2. The van der Waals surface area contributed by atoms with Crippen LogP contribution in [0.25, 0.3) is 11.4 Å². The molecule has 2 aromatic rings. The topological polar surface area (TPSA) is 120 Å². The third kappa shape index (κ3) is 4.25. The number of aromatic nitrogens is 3. The molecule has 1 aromatic heterocycles. The molecule has 1 aliphatic rings. The molecule has 1 amide bonds. The number of para-hydroxylation sites is 1. The lowest BCUT2D eigenvalue weighted by atomic mass is 10.2. The SMILES string of the molecule is CCN(C(=O)CSc1nnc(-c2ccccc2OC)n1N)C1CCS(=O)(=O)C1. The van der Waals surface area contributed by atoms with Gasteiger partial charge < -0.3 is 15.5 Å². The fraction of sp³-hybridized carbons (Fsp3) is 0.471. The number of hydrogen-bond donors (Lipinski definition) is 1. The Morgan fingerprint density at radius 1 is 1.39 bits per heavy atom. The summed E-state index contributed by atoms with van der Waals surface area (Å²) in [6.45, 7) is 2.31. The van der Waals surface area contributed by atoms with Crippen molar-refractivity contribution >= 4 is 27.5 Å². The smallest absolute Gasteiger partial charge is 0.233 e. The molecule has 1 unspecified atom stereocenters. The second kappa shape index (κ2) is 8.39. The van der Waals surface area contributed by atoms with Crippen LogP contribution in [0.3, 0.4) is 0 Å². The molecule has 0 spiro atoms. The summed E-state index contributed by atoms with van der Waals surface area (Å²) in [5.41, 5.74) is 0.699. The zero-order valence-electron chi connectivity index (χ0n) is 15.7. The third-order valence-corrected chi connectivity index (χ3v) is 7.33. The highest BCUT2D eigenvalue weighted by Crippen LogP contribution is 2.29. The number of sulfone groups is 1. The fourth-order valence-electron chi connectivity index (χ4n) is 3.26. The second-order valence-electron chi connectivity index (χ2n) is 6.40. The molecule has 1 atom stereocenters.